The Bertz CT molecular complexity index is 556. The maximum atomic E-state index is 12.3. The number of nitrogens with zero attached hydrogens (tertiary/aromatic N) is 2. The Morgan fingerprint density at radius 2 is 2.33 bits per heavy atom. The van der Waals surface area contributed by atoms with Crippen molar-refractivity contribution in [1.29, 1.82) is 5.26 Å². The van der Waals surface area contributed by atoms with Crippen molar-refractivity contribution < 1.29 is 4.79 Å². The molecule has 0 spiro atoms. The number of aryl methyl sites for hydroxylation is 1. The van der Waals surface area contributed by atoms with E-state index in [1.54, 1.807) is 6.92 Å². The molecule has 18 heavy (non-hydrogen) atoms. The fourth-order valence-electron chi connectivity index (χ4n) is 2.20. The number of pyridine rings is 1. The quantitative estimate of drug-likeness (QED) is 0.807. The van der Waals surface area contributed by atoms with Crippen molar-refractivity contribution in [3.63, 3.8) is 0 Å². The highest BCUT2D eigenvalue weighted by molar-refractivity contribution is 5.94. The van der Waals surface area contributed by atoms with E-state index < -0.39 is 6.04 Å². The minimum Gasteiger partial charge on any atom is -0.364 e. The number of carbonyl (C=O) groups is 1. The standard InChI is InChI=1S/C13H15N3O2/c1-9-6-12(17)11(8-15-9)13(18)16-5-3-2-4-10(16)7-14/h6,8,10H,2-5H2,1H3,(H,15,17). The van der Waals surface area contributed by atoms with Crippen LogP contribution in [0.3, 0.4) is 0 Å². The van der Waals surface area contributed by atoms with Crippen LogP contribution in [0.15, 0.2) is 17.1 Å². The van der Waals surface area contributed by atoms with Crippen LogP contribution in [0, 0.1) is 18.3 Å². The number of piperidine rings is 1. The molecule has 1 amide bonds. The van der Waals surface area contributed by atoms with E-state index in [1.807, 2.05) is 0 Å². The summed E-state index contributed by atoms with van der Waals surface area (Å²) in [6, 6.07) is 3.12. The lowest BCUT2D eigenvalue weighted by molar-refractivity contribution is 0.0669. The number of aromatic nitrogens is 1. The molecule has 0 radical (unpaired) electrons. The summed E-state index contributed by atoms with van der Waals surface area (Å²) < 4.78 is 0. The normalized spacial score (nSPS) is 19.3. The van der Waals surface area contributed by atoms with Gasteiger partial charge in [0.25, 0.3) is 5.91 Å². The largest absolute Gasteiger partial charge is 0.364 e. The van der Waals surface area contributed by atoms with Gasteiger partial charge in [-0.05, 0) is 26.2 Å². The Hall–Kier alpha value is -2.09. The Balaban J connectivity index is 2.30. The van der Waals surface area contributed by atoms with Crippen LogP contribution in [-0.2, 0) is 0 Å². The number of amides is 1. The molecular weight excluding hydrogens is 230 g/mol. The molecule has 5 heteroatoms. The highest BCUT2D eigenvalue weighted by Crippen LogP contribution is 2.18. The third-order valence-corrected chi connectivity index (χ3v) is 3.20. The van der Waals surface area contributed by atoms with E-state index in [2.05, 4.69) is 11.1 Å². The van der Waals surface area contributed by atoms with Gasteiger partial charge in [-0.3, -0.25) is 9.59 Å². The first kappa shape index (κ1) is 12.4. The Labute approximate surface area is 105 Å². The van der Waals surface area contributed by atoms with Gasteiger partial charge in [0.1, 0.15) is 11.6 Å². The zero-order valence-corrected chi connectivity index (χ0v) is 10.3. The van der Waals surface area contributed by atoms with E-state index in [4.69, 9.17) is 5.26 Å². The maximum absolute atomic E-state index is 12.3. The minimum absolute atomic E-state index is 0.114. The van der Waals surface area contributed by atoms with Crippen molar-refractivity contribution in [2.75, 3.05) is 6.54 Å². The van der Waals surface area contributed by atoms with E-state index in [0.717, 1.165) is 12.8 Å². The van der Waals surface area contributed by atoms with Crippen molar-refractivity contribution in [2.45, 2.75) is 32.2 Å². The summed E-state index contributed by atoms with van der Waals surface area (Å²) in [4.78, 5) is 28.4. The molecule has 1 N–H and O–H groups in total. The topological polar surface area (TPSA) is 77.0 Å². The summed E-state index contributed by atoms with van der Waals surface area (Å²) in [5, 5.41) is 9.04. The number of likely N-dealkylation sites (tertiary alicyclic amines) is 1. The zero-order valence-electron chi connectivity index (χ0n) is 10.3. The molecular formula is C13H15N3O2. The van der Waals surface area contributed by atoms with Crippen LogP contribution >= 0.6 is 0 Å². The molecule has 0 aliphatic carbocycles. The minimum atomic E-state index is -0.410. The maximum Gasteiger partial charge on any atom is 0.260 e. The molecule has 0 aromatic carbocycles. The molecule has 2 heterocycles. The average Bonchev–Trinajstić information content (AvgIpc) is 2.38. The summed E-state index contributed by atoms with van der Waals surface area (Å²) in [7, 11) is 0. The van der Waals surface area contributed by atoms with Crippen molar-refractivity contribution >= 4 is 5.91 Å². The molecule has 1 saturated heterocycles. The molecule has 1 aliphatic rings. The average molecular weight is 245 g/mol. The van der Waals surface area contributed by atoms with Crippen molar-refractivity contribution in [3.8, 4) is 6.07 Å². The molecule has 0 bridgehead atoms. The van der Waals surface area contributed by atoms with Crippen LogP contribution in [0.1, 0.15) is 35.3 Å². The van der Waals surface area contributed by atoms with Crippen LogP contribution < -0.4 is 5.43 Å². The van der Waals surface area contributed by atoms with Gasteiger partial charge in [-0.1, -0.05) is 0 Å². The fourth-order valence-corrected chi connectivity index (χ4v) is 2.20. The predicted octanol–water partition coefficient (Wildman–Crippen LogP) is 1.20. The van der Waals surface area contributed by atoms with Crippen LogP contribution in [0.2, 0.25) is 0 Å². The molecule has 1 unspecified atom stereocenters. The van der Waals surface area contributed by atoms with E-state index in [0.29, 0.717) is 18.7 Å². The Morgan fingerprint density at radius 1 is 1.56 bits per heavy atom. The van der Waals surface area contributed by atoms with Gasteiger partial charge in [-0.25, -0.2) is 0 Å². The van der Waals surface area contributed by atoms with Gasteiger partial charge in [-0.2, -0.15) is 5.26 Å². The lowest BCUT2D eigenvalue weighted by Crippen LogP contribution is -2.44. The van der Waals surface area contributed by atoms with E-state index in [-0.39, 0.29) is 16.9 Å². The molecule has 1 atom stereocenters. The number of aromatic amines is 1. The predicted molar refractivity (Wildman–Crippen MR) is 66.1 cm³/mol. The number of carbonyl (C=O) groups excluding carboxylic acids is 1. The summed E-state index contributed by atoms with van der Waals surface area (Å²) in [6.45, 7) is 2.30. The first-order chi connectivity index (χ1) is 8.63. The van der Waals surface area contributed by atoms with Gasteiger partial charge in [-0.15, -0.1) is 0 Å². The first-order valence-corrected chi connectivity index (χ1v) is 6.03. The smallest absolute Gasteiger partial charge is 0.260 e. The van der Waals surface area contributed by atoms with Crippen molar-refractivity contribution in [2.24, 2.45) is 0 Å². The monoisotopic (exact) mass is 245 g/mol. The van der Waals surface area contributed by atoms with Crippen LogP contribution in [-0.4, -0.2) is 28.4 Å². The van der Waals surface area contributed by atoms with Crippen LogP contribution in [0.4, 0.5) is 0 Å². The van der Waals surface area contributed by atoms with Crippen LogP contribution in [0.5, 0.6) is 0 Å². The second kappa shape index (κ2) is 5.05. The van der Waals surface area contributed by atoms with E-state index in [1.165, 1.54) is 17.2 Å². The molecule has 94 valence electrons. The Morgan fingerprint density at radius 3 is 3.00 bits per heavy atom. The number of nitrogens with one attached hydrogen (secondary N) is 1. The highest BCUT2D eigenvalue weighted by atomic mass is 16.2. The van der Waals surface area contributed by atoms with Crippen LogP contribution in [0.25, 0.3) is 0 Å². The van der Waals surface area contributed by atoms with Gasteiger partial charge in [0.2, 0.25) is 0 Å². The summed E-state index contributed by atoms with van der Waals surface area (Å²) >= 11 is 0. The number of hydrogen-bond donors (Lipinski definition) is 1. The summed E-state index contributed by atoms with van der Waals surface area (Å²) in [6.07, 6.45) is 3.95. The molecule has 2 rings (SSSR count). The molecule has 1 aromatic heterocycles. The van der Waals surface area contributed by atoms with Crippen molar-refractivity contribution in [3.05, 3.63) is 33.7 Å². The lowest BCUT2D eigenvalue weighted by atomic mass is 10.0. The second-order valence-electron chi connectivity index (χ2n) is 4.53. The first-order valence-electron chi connectivity index (χ1n) is 6.03. The summed E-state index contributed by atoms with van der Waals surface area (Å²) in [5.74, 6) is -0.345. The van der Waals surface area contributed by atoms with Gasteiger partial charge < -0.3 is 9.88 Å². The van der Waals surface area contributed by atoms with Crippen molar-refractivity contribution in [1.82, 2.24) is 9.88 Å². The fraction of sp³-hybridized carbons (Fsp3) is 0.462. The third kappa shape index (κ3) is 2.28. The summed E-state index contributed by atoms with van der Waals surface area (Å²) in [5.41, 5.74) is 0.535. The zero-order chi connectivity index (χ0) is 13.1. The molecule has 1 aromatic rings. The number of hydrogen-bond acceptors (Lipinski definition) is 3. The third-order valence-electron chi connectivity index (χ3n) is 3.20. The molecule has 5 nitrogen and oxygen atoms in total. The van der Waals surface area contributed by atoms with Gasteiger partial charge in [0.05, 0.1) is 6.07 Å². The SMILES string of the molecule is Cc1cc(=O)c(C(=O)N2CCCCC2C#N)c[nH]1. The highest BCUT2D eigenvalue weighted by Gasteiger charge is 2.28. The van der Waals surface area contributed by atoms with Gasteiger partial charge >= 0.3 is 0 Å². The second-order valence-corrected chi connectivity index (χ2v) is 4.53. The number of H-pyrrole nitrogens is 1. The number of rotatable bonds is 1. The lowest BCUT2D eigenvalue weighted by Gasteiger charge is -2.31. The van der Waals surface area contributed by atoms with Gasteiger partial charge in [0, 0.05) is 24.5 Å². The van der Waals surface area contributed by atoms with E-state index in [9.17, 15) is 9.59 Å². The molecule has 1 fully saturated rings. The molecule has 1 aliphatic heterocycles. The number of nitriles is 1. The Kier molecular flexibility index (Phi) is 3.47. The van der Waals surface area contributed by atoms with E-state index >= 15 is 0 Å². The van der Waals surface area contributed by atoms with Gasteiger partial charge in [0.15, 0.2) is 5.43 Å². The molecule has 0 saturated carbocycles.